The highest BCUT2D eigenvalue weighted by molar-refractivity contribution is 5.94. The number of benzene rings is 1. The number of amides is 3. The van der Waals surface area contributed by atoms with Crippen LogP contribution in [0.1, 0.15) is 66.4 Å². The lowest BCUT2D eigenvalue weighted by molar-refractivity contribution is -0.142. The topological polar surface area (TPSA) is 151 Å². The van der Waals surface area contributed by atoms with E-state index in [0.717, 1.165) is 12.0 Å². The van der Waals surface area contributed by atoms with Crippen LogP contribution in [0.3, 0.4) is 0 Å². The molecule has 9 nitrogen and oxygen atoms in total. The molecule has 6 atom stereocenters. The minimum Gasteiger partial charge on any atom is -0.480 e. The van der Waals surface area contributed by atoms with Crippen LogP contribution in [0.4, 0.5) is 0 Å². The van der Waals surface area contributed by atoms with E-state index in [2.05, 4.69) is 16.0 Å². The first-order chi connectivity index (χ1) is 16.9. The zero-order valence-corrected chi connectivity index (χ0v) is 22.4. The molecule has 0 aliphatic rings. The lowest BCUT2D eigenvalue weighted by Gasteiger charge is -2.29. The molecule has 0 aliphatic carbocycles. The van der Waals surface area contributed by atoms with Crippen molar-refractivity contribution in [2.24, 2.45) is 23.5 Å². The van der Waals surface area contributed by atoms with Gasteiger partial charge < -0.3 is 26.8 Å². The van der Waals surface area contributed by atoms with Crippen molar-refractivity contribution in [3.05, 3.63) is 35.9 Å². The summed E-state index contributed by atoms with van der Waals surface area (Å²) >= 11 is 0. The molecule has 9 heteroatoms. The summed E-state index contributed by atoms with van der Waals surface area (Å²) in [6.45, 7) is 11.4. The highest BCUT2D eigenvalue weighted by atomic mass is 16.4. The molecule has 3 amide bonds. The molecule has 6 N–H and O–H groups in total. The highest BCUT2D eigenvalue weighted by Gasteiger charge is 2.33. The van der Waals surface area contributed by atoms with Crippen molar-refractivity contribution in [1.82, 2.24) is 16.0 Å². The maximum atomic E-state index is 13.3. The second kappa shape index (κ2) is 15.2. The van der Waals surface area contributed by atoms with Gasteiger partial charge in [0.1, 0.15) is 18.1 Å². The molecule has 0 fully saturated rings. The maximum absolute atomic E-state index is 13.3. The van der Waals surface area contributed by atoms with E-state index in [1.807, 2.05) is 47.6 Å². The van der Waals surface area contributed by atoms with Crippen molar-refractivity contribution in [3.63, 3.8) is 0 Å². The third-order valence-corrected chi connectivity index (χ3v) is 6.59. The Balaban J connectivity index is 3.04. The molecule has 0 bridgehead atoms. The van der Waals surface area contributed by atoms with Crippen LogP contribution < -0.4 is 21.7 Å². The number of hydrogen-bond donors (Lipinski definition) is 5. The van der Waals surface area contributed by atoms with Crippen molar-refractivity contribution in [2.45, 2.75) is 91.4 Å². The summed E-state index contributed by atoms with van der Waals surface area (Å²) in [5.41, 5.74) is 6.82. The number of aliphatic carboxylic acids is 1. The van der Waals surface area contributed by atoms with Gasteiger partial charge in [-0.3, -0.25) is 14.4 Å². The molecule has 0 saturated heterocycles. The van der Waals surface area contributed by atoms with E-state index in [-0.39, 0.29) is 24.2 Å². The summed E-state index contributed by atoms with van der Waals surface area (Å²) in [4.78, 5) is 51.0. The molecule has 0 aliphatic heterocycles. The lowest BCUT2D eigenvalue weighted by Crippen LogP contribution is -2.59. The first-order valence-corrected chi connectivity index (χ1v) is 12.8. The Morgan fingerprint density at radius 2 is 1.36 bits per heavy atom. The molecule has 6 unspecified atom stereocenters. The van der Waals surface area contributed by atoms with Crippen molar-refractivity contribution in [2.75, 3.05) is 0 Å². The van der Waals surface area contributed by atoms with E-state index in [1.54, 1.807) is 24.3 Å². The van der Waals surface area contributed by atoms with E-state index in [4.69, 9.17) is 5.73 Å². The first kappa shape index (κ1) is 31.1. The zero-order chi connectivity index (χ0) is 27.4. The number of nitrogens with one attached hydrogen (secondary N) is 3. The third-order valence-electron chi connectivity index (χ3n) is 6.59. The SMILES string of the molecule is CCC(C)C(N)C(=O)NC(CC(C)C)C(=O)NC(C(=O)NC(Cc1ccccc1)C(=O)O)C(C)CC. The van der Waals surface area contributed by atoms with Crippen molar-refractivity contribution < 1.29 is 24.3 Å². The number of carbonyl (C=O) groups excluding carboxylic acids is 3. The van der Waals surface area contributed by atoms with Gasteiger partial charge in [0.15, 0.2) is 0 Å². The second-order valence-corrected chi connectivity index (χ2v) is 10.1. The molecule has 1 aromatic carbocycles. The number of carbonyl (C=O) groups is 4. The van der Waals surface area contributed by atoms with Crippen molar-refractivity contribution in [1.29, 1.82) is 0 Å². The number of rotatable bonds is 15. The van der Waals surface area contributed by atoms with Crippen molar-refractivity contribution in [3.8, 4) is 0 Å². The lowest BCUT2D eigenvalue weighted by atomic mass is 9.95. The molecular formula is C27H44N4O5. The largest absolute Gasteiger partial charge is 0.480 e. The molecule has 1 aromatic rings. The van der Waals surface area contributed by atoms with Gasteiger partial charge in [0, 0.05) is 6.42 Å². The van der Waals surface area contributed by atoms with E-state index >= 15 is 0 Å². The fourth-order valence-corrected chi connectivity index (χ4v) is 3.75. The first-order valence-electron chi connectivity index (χ1n) is 12.8. The summed E-state index contributed by atoms with van der Waals surface area (Å²) in [5, 5.41) is 17.8. The minimum absolute atomic E-state index is 0.0519. The molecule has 0 saturated carbocycles. The minimum atomic E-state index is -1.16. The monoisotopic (exact) mass is 504 g/mol. The van der Waals surface area contributed by atoms with Gasteiger partial charge in [0.25, 0.3) is 0 Å². The van der Waals surface area contributed by atoms with Gasteiger partial charge in [-0.15, -0.1) is 0 Å². The molecule has 0 aromatic heterocycles. The average Bonchev–Trinajstić information content (AvgIpc) is 2.84. The van der Waals surface area contributed by atoms with E-state index in [9.17, 15) is 24.3 Å². The van der Waals surface area contributed by atoms with Gasteiger partial charge in [-0.25, -0.2) is 4.79 Å². The Morgan fingerprint density at radius 1 is 0.806 bits per heavy atom. The normalized spacial score (nSPS) is 16.2. The maximum Gasteiger partial charge on any atom is 0.326 e. The zero-order valence-electron chi connectivity index (χ0n) is 22.4. The van der Waals surface area contributed by atoms with Crippen LogP contribution in [0, 0.1) is 17.8 Å². The summed E-state index contributed by atoms with van der Waals surface area (Å²) in [6, 6.07) is 5.28. The third kappa shape index (κ3) is 9.97. The van der Waals surface area contributed by atoms with Gasteiger partial charge >= 0.3 is 5.97 Å². The predicted octanol–water partition coefficient (Wildman–Crippen LogP) is 2.23. The van der Waals surface area contributed by atoms with Crippen LogP contribution in [-0.4, -0.2) is 53.0 Å². The summed E-state index contributed by atoms with van der Waals surface area (Å²) < 4.78 is 0. The molecular weight excluding hydrogens is 460 g/mol. The second-order valence-electron chi connectivity index (χ2n) is 10.1. The molecule has 1 rings (SSSR count). The predicted molar refractivity (Wildman–Crippen MR) is 140 cm³/mol. The molecule has 36 heavy (non-hydrogen) atoms. The van der Waals surface area contributed by atoms with Crippen LogP contribution in [0.15, 0.2) is 30.3 Å². The van der Waals surface area contributed by atoms with Gasteiger partial charge in [-0.1, -0.05) is 84.7 Å². The number of carboxylic acids is 1. The van der Waals surface area contributed by atoms with E-state index < -0.39 is 47.9 Å². The Kier molecular flexibility index (Phi) is 13.2. The van der Waals surface area contributed by atoms with Crippen LogP contribution in [0.25, 0.3) is 0 Å². The number of carboxylic acid groups (broad SMARTS) is 1. The smallest absolute Gasteiger partial charge is 0.326 e. The fourth-order valence-electron chi connectivity index (χ4n) is 3.75. The van der Waals surface area contributed by atoms with E-state index in [0.29, 0.717) is 12.8 Å². The van der Waals surface area contributed by atoms with Gasteiger partial charge in [-0.05, 0) is 29.7 Å². The highest BCUT2D eigenvalue weighted by Crippen LogP contribution is 2.13. The Morgan fingerprint density at radius 3 is 1.86 bits per heavy atom. The molecule has 0 radical (unpaired) electrons. The van der Waals surface area contributed by atoms with E-state index in [1.165, 1.54) is 0 Å². The molecule has 202 valence electrons. The molecule has 0 heterocycles. The standard InChI is InChI=1S/C27H44N4O5/c1-7-17(5)22(28)25(33)29-20(14-16(3)4)24(32)31-23(18(6)8-2)26(34)30-21(27(35)36)15-19-12-10-9-11-13-19/h9-13,16-18,20-23H,7-8,14-15,28H2,1-6H3,(H,29,33)(H,30,34)(H,31,32)(H,35,36). The van der Waals surface area contributed by atoms with Gasteiger partial charge in [0.2, 0.25) is 17.7 Å². The fraction of sp³-hybridized carbons (Fsp3) is 0.630. The Hall–Kier alpha value is -2.94. The number of hydrogen-bond acceptors (Lipinski definition) is 5. The molecule has 0 spiro atoms. The summed E-state index contributed by atoms with van der Waals surface area (Å²) in [6.07, 6.45) is 1.78. The summed E-state index contributed by atoms with van der Waals surface area (Å²) in [7, 11) is 0. The Bertz CT molecular complexity index is 861. The van der Waals surface area contributed by atoms with Gasteiger partial charge in [0.05, 0.1) is 6.04 Å². The average molecular weight is 505 g/mol. The van der Waals surface area contributed by atoms with Gasteiger partial charge in [-0.2, -0.15) is 0 Å². The van der Waals surface area contributed by atoms with Crippen LogP contribution in [0.5, 0.6) is 0 Å². The van der Waals surface area contributed by atoms with Crippen LogP contribution >= 0.6 is 0 Å². The van der Waals surface area contributed by atoms with Crippen molar-refractivity contribution >= 4 is 23.7 Å². The summed E-state index contributed by atoms with van der Waals surface area (Å²) in [5.74, 6) is -2.87. The number of nitrogens with two attached hydrogens (primary N) is 1. The van der Waals surface area contributed by atoms with Crippen LogP contribution in [0.2, 0.25) is 0 Å². The van der Waals surface area contributed by atoms with Crippen LogP contribution in [-0.2, 0) is 25.6 Å². The quantitative estimate of drug-likeness (QED) is 0.247. The Labute approximate surface area is 215 Å².